The molecular formula is C20H24Cl2N6S. The summed E-state index contributed by atoms with van der Waals surface area (Å²) in [6.07, 6.45) is 6.98. The summed E-state index contributed by atoms with van der Waals surface area (Å²) in [5.41, 5.74) is 8.90. The number of nitrogens with one attached hydrogen (secondary N) is 2. The van der Waals surface area contributed by atoms with E-state index in [-0.39, 0.29) is 11.3 Å². The molecule has 1 aromatic heterocycles. The smallest absolute Gasteiger partial charge is 0.212 e. The van der Waals surface area contributed by atoms with Crippen LogP contribution in [0.25, 0.3) is 0 Å². The quantitative estimate of drug-likeness (QED) is 0.683. The number of unbranched alkanes of at least 4 members (excludes halogenated alkanes) is 1. The summed E-state index contributed by atoms with van der Waals surface area (Å²) in [6.45, 7) is 2.21. The molecule has 1 aromatic carbocycles. The zero-order chi connectivity index (χ0) is 20.0. The van der Waals surface area contributed by atoms with Crippen molar-refractivity contribution in [3.63, 3.8) is 0 Å². The van der Waals surface area contributed by atoms with Crippen molar-refractivity contribution in [2.75, 3.05) is 0 Å². The van der Waals surface area contributed by atoms with Crippen LogP contribution in [0.3, 0.4) is 0 Å². The number of thioether (sulfide) groups is 1. The predicted molar refractivity (Wildman–Crippen MR) is 118 cm³/mol. The van der Waals surface area contributed by atoms with Gasteiger partial charge in [0.2, 0.25) is 5.16 Å². The van der Waals surface area contributed by atoms with Gasteiger partial charge in [0.1, 0.15) is 0 Å². The molecule has 4 atom stereocenters. The maximum atomic E-state index is 6.32. The normalized spacial score (nSPS) is 28.3. The molecular weight excluding hydrogens is 427 g/mol. The number of fused-ring (bicyclic) bond motifs is 2. The Bertz CT molecular complexity index is 945. The first kappa shape index (κ1) is 19.8. The molecule has 6 nitrogen and oxygen atoms in total. The minimum absolute atomic E-state index is 0.135. The number of benzene rings is 1. The van der Waals surface area contributed by atoms with Gasteiger partial charge in [-0.2, -0.15) is 9.78 Å². The molecule has 3 aliphatic rings. The minimum Gasteiger partial charge on any atom is -0.254 e. The Morgan fingerprint density at radius 2 is 2.07 bits per heavy atom. The molecule has 2 fully saturated rings. The standard InChI is InChI=1S/C20H24Cl2N6S/c1-2-3-7-16-17(11-8-9-13(21)14(22)10-11)27-28-19(25-26-20(28)29-16)18-12-5-4-6-15(12)23-24-18/h8-10,12,15-16,18,23-24H,2-7H2,1H3. The van der Waals surface area contributed by atoms with E-state index in [0.717, 1.165) is 41.5 Å². The number of hydrogen-bond donors (Lipinski definition) is 2. The highest BCUT2D eigenvalue weighted by molar-refractivity contribution is 8.00. The Morgan fingerprint density at radius 1 is 1.17 bits per heavy atom. The number of rotatable bonds is 5. The second-order valence-corrected chi connectivity index (χ2v) is 9.97. The van der Waals surface area contributed by atoms with Gasteiger partial charge in [0.15, 0.2) is 5.82 Å². The van der Waals surface area contributed by atoms with E-state index < -0.39 is 0 Å². The van der Waals surface area contributed by atoms with E-state index >= 15 is 0 Å². The summed E-state index contributed by atoms with van der Waals surface area (Å²) in [6, 6.07) is 6.41. The number of aromatic nitrogens is 3. The lowest BCUT2D eigenvalue weighted by Gasteiger charge is -2.24. The third-order valence-electron chi connectivity index (χ3n) is 6.13. The van der Waals surface area contributed by atoms with E-state index in [9.17, 15) is 0 Å². The van der Waals surface area contributed by atoms with Crippen molar-refractivity contribution in [1.29, 1.82) is 0 Å². The highest BCUT2D eigenvalue weighted by Gasteiger charge is 2.43. The summed E-state index contributed by atoms with van der Waals surface area (Å²) in [4.78, 5) is 0. The number of hydrogen-bond acceptors (Lipinski definition) is 6. The zero-order valence-corrected chi connectivity index (χ0v) is 18.6. The third-order valence-corrected chi connectivity index (χ3v) is 8.08. The van der Waals surface area contributed by atoms with E-state index in [0.29, 0.717) is 22.0 Å². The van der Waals surface area contributed by atoms with Crippen LogP contribution in [0.1, 0.15) is 62.9 Å². The Kier molecular flexibility index (Phi) is 5.60. The second kappa shape index (κ2) is 8.19. The average molecular weight is 451 g/mol. The van der Waals surface area contributed by atoms with Crippen LogP contribution in [0.2, 0.25) is 10.0 Å². The van der Waals surface area contributed by atoms with Gasteiger partial charge in [0.05, 0.1) is 27.0 Å². The molecule has 5 rings (SSSR count). The molecule has 3 heterocycles. The number of nitrogens with zero attached hydrogens (tertiary/aromatic N) is 4. The van der Waals surface area contributed by atoms with Crippen LogP contribution in [-0.4, -0.2) is 31.9 Å². The molecule has 1 saturated carbocycles. The maximum Gasteiger partial charge on any atom is 0.212 e. The van der Waals surface area contributed by atoms with Crippen LogP contribution in [0, 0.1) is 5.92 Å². The molecule has 9 heteroatoms. The molecule has 0 spiro atoms. The van der Waals surface area contributed by atoms with Gasteiger partial charge in [-0.25, -0.2) is 5.43 Å². The lowest BCUT2D eigenvalue weighted by Crippen LogP contribution is -2.31. The first-order valence-electron chi connectivity index (χ1n) is 10.3. The highest BCUT2D eigenvalue weighted by Crippen LogP contribution is 2.41. The molecule has 1 aliphatic carbocycles. The van der Waals surface area contributed by atoms with Gasteiger partial charge in [0.25, 0.3) is 0 Å². The fourth-order valence-electron chi connectivity index (χ4n) is 4.60. The van der Waals surface area contributed by atoms with Crippen LogP contribution < -0.4 is 10.9 Å². The monoisotopic (exact) mass is 450 g/mol. The molecule has 2 aliphatic heterocycles. The third kappa shape index (κ3) is 3.61. The van der Waals surface area contributed by atoms with E-state index in [1.165, 1.54) is 19.3 Å². The summed E-state index contributed by atoms with van der Waals surface area (Å²) in [5, 5.41) is 16.3. The van der Waals surface area contributed by atoms with Crippen LogP contribution >= 0.6 is 35.0 Å². The number of hydrazine groups is 1. The lowest BCUT2D eigenvalue weighted by molar-refractivity contribution is 0.425. The summed E-state index contributed by atoms with van der Waals surface area (Å²) in [5.74, 6) is 1.43. The fourth-order valence-corrected chi connectivity index (χ4v) is 6.06. The van der Waals surface area contributed by atoms with Gasteiger partial charge in [0, 0.05) is 11.6 Å². The number of halogens is 2. The van der Waals surface area contributed by atoms with Gasteiger partial charge in [-0.15, -0.1) is 10.2 Å². The molecule has 2 aromatic rings. The summed E-state index contributed by atoms with van der Waals surface area (Å²) in [7, 11) is 0. The second-order valence-electron chi connectivity index (χ2n) is 7.98. The SMILES string of the molecule is CCCCC1Sc2nnc(C3NNC4CCCC43)n2N=C1c1ccc(Cl)c(Cl)c1. The fraction of sp³-hybridized carbons (Fsp3) is 0.550. The summed E-state index contributed by atoms with van der Waals surface area (Å²) >= 11 is 14.2. The van der Waals surface area contributed by atoms with E-state index in [4.69, 9.17) is 28.3 Å². The molecule has 0 amide bonds. The van der Waals surface area contributed by atoms with Crippen molar-refractivity contribution >= 4 is 40.7 Å². The molecule has 29 heavy (non-hydrogen) atoms. The van der Waals surface area contributed by atoms with Gasteiger partial charge in [-0.1, -0.05) is 67.2 Å². The molecule has 0 radical (unpaired) electrons. The van der Waals surface area contributed by atoms with Crippen molar-refractivity contribution in [3.05, 3.63) is 39.6 Å². The van der Waals surface area contributed by atoms with Crippen molar-refractivity contribution in [1.82, 2.24) is 25.7 Å². The zero-order valence-electron chi connectivity index (χ0n) is 16.2. The Balaban J connectivity index is 1.54. The van der Waals surface area contributed by atoms with Crippen LogP contribution in [0.4, 0.5) is 0 Å². The van der Waals surface area contributed by atoms with Crippen LogP contribution in [0.5, 0.6) is 0 Å². The lowest BCUT2D eigenvalue weighted by atomic mass is 9.97. The Labute approximate surface area is 184 Å². The molecule has 4 unspecified atom stereocenters. The van der Waals surface area contributed by atoms with Gasteiger partial charge >= 0.3 is 0 Å². The highest BCUT2D eigenvalue weighted by atomic mass is 35.5. The molecule has 0 bridgehead atoms. The average Bonchev–Trinajstić information content (AvgIpc) is 3.43. The van der Waals surface area contributed by atoms with Gasteiger partial charge in [-0.05, 0) is 37.3 Å². The Morgan fingerprint density at radius 3 is 2.90 bits per heavy atom. The van der Waals surface area contributed by atoms with Crippen molar-refractivity contribution in [2.24, 2.45) is 11.0 Å². The maximum absolute atomic E-state index is 6.32. The van der Waals surface area contributed by atoms with Crippen molar-refractivity contribution < 1.29 is 0 Å². The van der Waals surface area contributed by atoms with Crippen molar-refractivity contribution in [3.8, 4) is 0 Å². The Hall–Kier alpha value is -1.12. The molecule has 1 saturated heterocycles. The topological polar surface area (TPSA) is 67.1 Å². The van der Waals surface area contributed by atoms with E-state index in [2.05, 4.69) is 28.0 Å². The minimum atomic E-state index is 0.135. The first-order chi connectivity index (χ1) is 14.2. The van der Waals surface area contributed by atoms with Gasteiger partial charge < -0.3 is 0 Å². The van der Waals surface area contributed by atoms with E-state index in [1.807, 2.05) is 22.9 Å². The van der Waals surface area contributed by atoms with Crippen molar-refractivity contribution in [2.45, 2.75) is 67.9 Å². The first-order valence-corrected chi connectivity index (χ1v) is 12.0. The van der Waals surface area contributed by atoms with Crippen LogP contribution in [-0.2, 0) is 0 Å². The molecule has 154 valence electrons. The van der Waals surface area contributed by atoms with Crippen LogP contribution in [0.15, 0.2) is 28.5 Å². The van der Waals surface area contributed by atoms with E-state index in [1.54, 1.807) is 11.8 Å². The summed E-state index contributed by atoms with van der Waals surface area (Å²) < 4.78 is 1.94. The predicted octanol–water partition coefficient (Wildman–Crippen LogP) is 4.82. The largest absolute Gasteiger partial charge is 0.254 e. The molecule has 2 N–H and O–H groups in total. The van der Waals surface area contributed by atoms with Gasteiger partial charge in [-0.3, -0.25) is 5.43 Å².